The van der Waals surface area contributed by atoms with Gasteiger partial charge in [-0.05, 0) is 37.7 Å². The fourth-order valence-electron chi connectivity index (χ4n) is 4.60. The maximum atomic E-state index is 12.7. The van der Waals surface area contributed by atoms with E-state index in [2.05, 4.69) is 36.1 Å². The molecular formula is C30H49ClN2O2. The molecule has 1 aromatic carbocycles. The van der Waals surface area contributed by atoms with Crippen molar-refractivity contribution in [2.24, 2.45) is 4.99 Å². The molecular weight excluding hydrogens is 456 g/mol. The van der Waals surface area contributed by atoms with Gasteiger partial charge in [0, 0.05) is 25.9 Å². The Bertz CT molecular complexity index is 720. The number of nitrogens with zero attached hydrogens (tertiary/aromatic N) is 2. The van der Waals surface area contributed by atoms with Crippen LogP contribution in [0.2, 0.25) is 0 Å². The Hall–Kier alpha value is -1.65. The van der Waals surface area contributed by atoms with Crippen LogP contribution in [0.1, 0.15) is 102 Å². The van der Waals surface area contributed by atoms with Crippen molar-refractivity contribution in [3.05, 3.63) is 48.0 Å². The van der Waals surface area contributed by atoms with Crippen LogP contribution >= 0.6 is 12.4 Å². The predicted molar refractivity (Wildman–Crippen MR) is 152 cm³/mol. The van der Waals surface area contributed by atoms with Gasteiger partial charge in [-0.1, -0.05) is 101 Å². The number of hydrogen-bond donors (Lipinski definition) is 1. The average molecular weight is 505 g/mol. The lowest BCUT2D eigenvalue weighted by molar-refractivity contribution is -0.120. The zero-order chi connectivity index (χ0) is 24.3. The number of ketones is 1. The molecule has 0 bridgehead atoms. The van der Waals surface area contributed by atoms with Gasteiger partial charge in [0.1, 0.15) is 11.9 Å². The van der Waals surface area contributed by atoms with E-state index >= 15 is 0 Å². The van der Waals surface area contributed by atoms with Gasteiger partial charge in [-0.3, -0.25) is 9.79 Å². The molecule has 0 amide bonds. The Kier molecular flexibility index (Phi) is 18.4. The first-order chi connectivity index (χ1) is 16.7. The van der Waals surface area contributed by atoms with Crippen molar-refractivity contribution in [2.75, 3.05) is 19.7 Å². The summed E-state index contributed by atoms with van der Waals surface area (Å²) < 4.78 is 0. The second-order valence-electron chi connectivity index (χ2n) is 9.69. The molecule has 0 spiro atoms. The molecule has 2 rings (SSSR count). The first kappa shape index (κ1) is 31.4. The summed E-state index contributed by atoms with van der Waals surface area (Å²) in [5.41, 5.74) is 1.19. The lowest BCUT2D eigenvalue weighted by Gasteiger charge is -2.19. The number of benzene rings is 1. The van der Waals surface area contributed by atoms with E-state index in [1.54, 1.807) is 0 Å². The number of Topliss-reactive ketones (excluding diaryl/α,β-unsaturated/α-hetero) is 1. The molecule has 0 radical (unpaired) electrons. The summed E-state index contributed by atoms with van der Waals surface area (Å²) in [4.78, 5) is 19.5. The van der Waals surface area contributed by atoms with Crippen LogP contribution in [0.25, 0.3) is 0 Å². The van der Waals surface area contributed by atoms with Crippen LogP contribution in [0, 0.1) is 0 Å². The highest BCUT2D eigenvalue weighted by atomic mass is 35.5. The van der Waals surface area contributed by atoms with Crippen molar-refractivity contribution in [1.29, 1.82) is 0 Å². The third-order valence-corrected chi connectivity index (χ3v) is 6.69. The number of rotatable bonds is 20. The number of hydrogen-bond acceptors (Lipinski definition) is 4. The number of β-amino-alcohol motifs (C(OH)–C–C–N with tert-alkyl or cyclic N) is 1. The van der Waals surface area contributed by atoms with Crippen LogP contribution in [0.3, 0.4) is 0 Å². The van der Waals surface area contributed by atoms with Gasteiger partial charge in [0.2, 0.25) is 0 Å². The third kappa shape index (κ3) is 13.9. The summed E-state index contributed by atoms with van der Waals surface area (Å²) in [6, 6.07) is 9.96. The van der Waals surface area contributed by atoms with Crippen LogP contribution in [0.4, 0.5) is 0 Å². The Morgan fingerprint density at radius 2 is 1.54 bits per heavy atom. The highest BCUT2D eigenvalue weighted by Gasteiger charge is 2.29. The molecule has 1 aliphatic rings. The molecule has 1 aromatic rings. The van der Waals surface area contributed by atoms with Crippen molar-refractivity contribution >= 4 is 24.0 Å². The number of carbonyl (C=O) groups excluding carboxylic acids is 1. The van der Waals surface area contributed by atoms with E-state index in [4.69, 9.17) is 4.99 Å². The van der Waals surface area contributed by atoms with Gasteiger partial charge >= 0.3 is 0 Å². The van der Waals surface area contributed by atoms with E-state index in [1.165, 1.54) is 76.2 Å². The summed E-state index contributed by atoms with van der Waals surface area (Å²) in [5, 5.41) is 9.40. The molecule has 1 unspecified atom stereocenters. The summed E-state index contributed by atoms with van der Waals surface area (Å²) >= 11 is 0. The van der Waals surface area contributed by atoms with Gasteiger partial charge in [-0.25, -0.2) is 0 Å². The lowest BCUT2D eigenvalue weighted by atomic mass is 10.0. The molecule has 35 heavy (non-hydrogen) atoms. The smallest absolute Gasteiger partial charge is 0.159 e. The normalized spacial score (nSPS) is 15.4. The van der Waals surface area contributed by atoms with Gasteiger partial charge < -0.3 is 10.0 Å². The largest absolute Gasteiger partial charge is 0.395 e. The number of unbranched alkanes of at least 4 members (excludes halogenated alkanes) is 11. The van der Waals surface area contributed by atoms with Crippen molar-refractivity contribution in [1.82, 2.24) is 4.90 Å². The average Bonchev–Trinajstić information content (AvgIpc) is 3.24. The molecule has 0 aliphatic carbocycles. The topological polar surface area (TPSA) is 52.9 Å². The molecule has 4 nitrogen and oxygen atoms in total. The number of allylic oxidation sites excluding steroid dienone is 2. The quantitative estimate of drug-likeness (QED) is 0.149. The second-order valence-corrected chi connectivity index (χ2v) is 9.69. The summed E-state index contributed by atoms with van der Waals surface area (Å²) in [6.45, 7) is 3.52. The molecule has 0 fully saturated rings. The van der Waals surface area contributed by atoms with Crippen molar-refractivity contribution in [3.8, 4) is 0 Å². The minimum atomic E-state index is -0.262. The second kappa shape index (κ2) is 20.5. The van der Waals surface area contributed by atoms with Crippen LogP contribution < -0.4 is 0 Å². The monoisotopic (exact) mass is 504 g/mol. The van der Waals surface area contributed by atoms with Crippen LogP contribution in [0.5, 0.6) is 0 Å². The first-order valence-electron chi connectivity index (χ1n) is 13.9. The Morgan fingerprint density at radius 3 is 2.17 bits per heavy atom. The minimum absolute atomic E-state index is 0. The first-order valence-corrected chi connectivity index (χ1v) is 13.9. The minimum Gasteiger partial charge on any atom is -0.395 e. The van der Waals surface area contributed by atoms with Crippen LogP contribution in [0.15, 0.2) is 47.5 Å². The SMILES string of the molecule is CCCCCCCC/C=C\CCCCCCCC(=O)C1CN(CCO)C(Cc2ccccc2)=N1.Cl. The maximum absolute atomic E-state index is 12.7. The fourth-order valence-corrected chi connectivity index (χ4v) is 4.60. The van der Waals surface area contributed by atoms with Gasteiger partial charge in [-0.15, -0.1) is 12.4 Å². The van der Waals surface area contributed by atoms with Gasteiger partial charge in [-0.2, -0.15) is 0 Å². The fraction of sp³-hybridized carbons (Fsp3) is 0.667. The molecule has 198 valence electrons. The van der Waals surface area contributed by atoms with E-state index in [0.29, 0.717) is 19.5 Å². The van der Waals surface area contributed by atoms with E-state index < -0.39 is 0 Å². The van der Waals surface area contributed by atoms with Crippen molar-refractivity contribution in [2.45, 2.75) is 109 Å². The van der Waals surface area contributed by atoms with Crippen molar-refractivity contribution in [3.63, 3.8) is 0 Å². The number of aliphatic imine (C=N–C) groups is 1. The molecule has 0 saturated carbocycles. The van der Waals surface area contributed by atoms with E-state index in [-0.39, 0.29) is 30.8 Å². The van der Waals surface area contributed by atoms with Gasteiger partial charge in [0.15, 0.2) is 5.78 Å². The molecule has 1 aliphatic heterocycles. The van der Waals surface area contributed by atoms with E-state index in [1.807, 2.05) is 18.2 Å². The molecule has 0 aromatic heterocycles. The Labute approximate surface area is 220 Å². The molecule has 1 heterocycles. The standard InChI is InChI=1S/C30H48N2O2.ClH/c1-2-3-4-5-6-7-8-9-10-11-12-13-14-15-19-22-29(34)28-26-32(23-24-33)30(31-28)25-27-20-17-16-18-21-27;/h9-10,16-18,20-21,28,33H,2-8,11-15,19,22-26H2,1H3;1H/b10-9-;. The van der Waals surface area contributed by atoms with Crippen LogP contribution in [-0.4, -0.2) is 47.4 Å². The van der Waals surface area contributed by atoms with Crippen LogP contribution in [-0.2, 0) is 11.2 Å². The molecule has 5 heteroatoms. The third-order valence-electron chi connectivity index (χ3n) is 6.69. The number of carbonyl (C=O) groups is 1. The number of halogens is 1. The predicted octanol–water partition coefficient (Wildman–Crippen LogP) is 7.33. The van der Waals surface area contributed by atoms with E-state index in [0.717, 1.165) is 25.1 Å². The zero-order valence-electron chi connectivity index (χ0n) is 22.0. The Morgan fingerprint density at radius 1 is 0.943 bits per heavy atom. The summed E-state index contributed by atoms with van der Waals surface area (Å²) in [5.74, 6) is 1.19. The van der Waals surface area contributed by atoms with Crippen molar-refractivity contribution < 1.29 is 9.90 Å². The highest BCUT2D eigenvalue weighted by molar-refractivity contribution is 5.93. The summed E-state index contributed by atoms with van der Waals surface area (Å²) in [7, 11) is 0. The maximum Gasteiger partial charge on any atom is 0.159 e. The molecule has 1 atom stereocenters. The van der Waals surface area contributed by atoms with Gasteiger partial charge in [0.25, 0.3) is 0 Å². The molecule has 0 saturated heterocycles. The molecule has 1 N–H and O–H groups in total. The zero-order valence-corrected chi connectivity index (χ0v) is 22.8. The van der Waals surface area contributed by atoms with Gasteiger partial charge in [0.05, 0.1) is 6.61 Å². The number of aliphatic hydroxyl groups excluding tert-OH is 1. The summed E-state index contributed by atoms with van der Waals surface area (Å²) in [6.07, 6.45) is 22.5. The van der Waals surface area contributed by atoms with E-state index in [9.17, 15) is 9.90 Å². The number of aliphatic hydroxyl groups is 1. The Balaban J connectivity index is 0.00000612. The lowest BCUT2D eigenvalue weighted by Crippen LogP contribution is -2.34. The number of amidine groups is 1. The highest BCUT2D eigenvalue weighted by Crippen LogP contribution is 2.17.